The van der Waals surface area contributed by atoms with E-state index in [2.05, 4.69) is 5.32 Å². The molecule has 7 heteroatoms. The zero-order chi connectivity index (χ0) is 18.8. The molecule has 1 fully saturated rings. The minimum Gasteiger partial charge on any atom is -0.340 e. The second-order valence-electron chi connectivity index (χ2n) is 6.22. The molecule has 1 aromatic carbocycles. The van der Waals surface area contributed by atoms with Gasteiger partial charge in [-0.3, -0.25) is 4.79 Å². The molecule has 136 valence electrons. The van der Waals surface area contributed by atoms with Crippen LogP contribution in [0, 0.1) is 28.6 Å². The lowest BCUT2D eigenvalue weighted by Gasteiger charge is -2.34. The zero-order valence-corrected chi connectivity index (χ0v) is 14.7. The molecule has 26 heavy (non-hydrogen) atoms. The molecule has 0 aromatic heterocycles. The summed E-state index contributed by atoms with van der Waals surface area (Å²) in [6.45, 7) is 1.61. The van der Waals surface area contributed by atoms with Crippen molar-refractivity contribution < 1.29 is 9.59 Å². The molecule has 0 bridgehead atoms. The Balaban J connectivity index is 1.96. The molecule has 1 aliphatic heterocycles. The lowest BCUT2D eigenvalue weighted by molar-refractivity contribution is -0.136. The lowest BCUT2D eigenvalue weighted by atomic mass is 9.96. The van der Waals surface area contributed by atoms with E-state index in [1.807, 2.05) is 42.5 Å². The number of carbonyl (C=O) groups excluding carboxylic acids is 2. The van der Waals surface area contributed by atoms with Crippen LogP contribution in [-0.4, -0.2) is 47.9 Å². The van der Waals surface area contributed by atoms with Gasteiger partial charge in [-0.25, -0.2) is 4.79 Å². The van der Waals surface area contributed by atoms with Gasteiger partial charge >= 0.3 is 6.03 Å². The predicted octanol–water partition coefficient (Wildman–Crippen LogP) is 2.59. The molecule has 1 heterocycles. The average molecular weight is 353 g/mol. The van der Waals surface area contributed by atoms with Gasteiger partial charge in [0, 0.05) is 31.9 Å². The Hall–Kier alpha value is -3.06. The monoisotopic (exact) mass is 353 g/mol. The Labute approximate surface area is 153 Å². The highest BCUT2D eigenvalue weighted by Crippen LogP contribution is 2.20. The van der Waals surface area contributed by atoms with Crippen LogP contribution < -0.4 is 5.32 Å². The normalized spacial score (nSPS) is 16.2. The highest BCUT2D eigenvalue weighted by atomic mass is 16.2. The van der Waals surface area contributed by atoms with Crippen molar-refractivity contribution in [2.45, 2.75) is 25.7 Å². The predicted molar refractivity (Wildman–Crippen MR) is 96.8 cm³/mol. The Bertz CT molecular complexity index is 674. The first kappa shape index (κ1) is 19.3. The van der Waals surface area contributed by atoms with Gasteiger partial charge < -0.3 is 15.1 Å². The maximum absolute atomic E-state index is 12.8. The molecule has 3 amide bonds. The van der Waals surface area contributed by atoms with Gasteiger partial charge in [-0.05, 0) is 25.0 Å². The summed E-state index contributed by atoms with van der Waals surface area (Å²) in [7, 11) is 0. The van der Waals surface area contributed by atoms with Gasteiger partial charge in [-0.15, -0.1) is 0 Å². The van der Waals surface area contributed by atoms with Crippen LogP contribution in [0.15, 0.2) is 30.3 Å². The molecule has 1 N–H and O–H groups in total. The number of piperidine rings is 1. The van der Waals surface area contributed by atoms with Gasteiger partial charge in [0.25, 0.3) is 0 Å². The number of urea groups is 1. The van der Waals surface area contributed by atoms with Crippen LogP contribution in [0.3, 0.4) is 0 Å². The van der Waals surface area contributed by atoms with Crippen molar-refractivity contribution in [2.75, 3.05) is 31.5 Å². The standard InChI is InChI=1S/C19H23N5O2/c20-10-5-13-23(14-6-11-21)18(25)16-7-4-12-24(15-16)19(26)22-17-8-2-1-3-9-17/h1-3,8-9,16H,4-7,12-15H2,(H,22,26). The molecular formula is C19H23N5O2. The molecule has 1 unspecified atom stereocenters. The summed E-state index contributed by atoms with van der Waals surface area (Å²) in [5.41, 5.74) is 0.718. The van der Waals surface area contributed by atoms with Crippen LogP contribution in [0.5, 0.6) is 0 Å². The Morgan fingerprint density at radius 2 is 1.81 bits per heavy atom. The second kappa shape index (κ2) is 10.0. The highest BCUT2D eigenvalue weighted by molar-refractivity contribution is 5.90. The number of nitrogens with zero attached hydrogens (tertiary/aromatic N) is 4. The van der Waals surface area contributed by atoms with Crippen LogP contribution in [0.1, 0.15) is 25.7 Å². The van der Waals surface area contributed by atoms with Crippen LogP contribution in [-0.2, 0) is 4.79 Å². The van der Waals surface area contributed by atoms with Crippen molar-refractivity contribution >= 4 is 17.6 Å². The summed E-state index contributed by atoms with van der Waals surface area (Å²) in [6.07, 6.45) is 1.94. The van der Waals surface area contributed by atoms with Gasteiger partial charge in [0.2, 0.25) is 5.91 Å². The molecule has 1 atom stereocenters. The maximum Gasteiger partial charge on any atom is 0.321 e. The fraction of sp³-hybridized carbons (Fsp3) is 0.474. The Morgan fingerprint density at radius 1 is 1.15 bits per heavy atom. The number of amides is 3. The number of para-hydroxylation sites is 1. The van der Waals surface area contributed by atoms with Gasteiger partial charge in [0.1, 0.15) is 0 Å². The number of hydrogen-bond donors (Lipinski definition) is 1. The molecular weight excluding hydrogens is 330 g/mol. The summed E-state index contributed by atoms with van der Waals surface area (Å²) in [6, 6.07) is 13.1. The van der Waals surface area contributed by atoms with Crippen molar-refractivity contribution in [3.8, 4) is 12.1 Å². The third-order valence-corrected chi connectivity index (χ3v) is 4.38. The number of likely N-dealkylation sites (tertiary alicyclic amines) is 1. The van der Waals surface area contributed by atoms with Crippen molar-refractivity contribution in [1.29, 1.82) is 10.5 Å². The first-order chi connectivity index (χ1) is 12.7. The third kappa shape index (κ3) is 5.49. The fourth-order valence-corrected chi connectivity index (χ4v) is 3.05. The molecule has 2 rings (SSSR count). The van der Waals surface area contributed by atoms with E-state index in [1.165, 1.54) is 0 Å². The van der Waals surface area contributed by atoms with Crippen LogP contribution in [0.25, 0.3) is 0 Å². The smallest absolute Gasteiger partial charge is 0.321 e. The third-order valence-electron chi connectivity index (χ3n) is 4.38. The van der Waals surface area contributed by atoms with Crippen LogP contribution >= 0.6 is 0 Å². The average Bonchev–Trinajstić information content (AvgIpc) is 2.68. The number of nitrogens with one attached hydrogen (secondary N) is 1. The lowest BCUT2D eigenvalue weighted by Crippen LogP contribution is -2.48. The largest absolute Gasteiger partial charge is 0.340 e. The van der Waals surface area contributed by atoms with Crippen LogP contribution in [0.2, 0.25) is 0 Å². The molecule has 0 radical (unpaired) electrons. The van der Waals surface area contributed by atoms with E-state index in [0.29, 0.717) is 32.6 Å². The SMILES string of the molecule is N#CCCN(CCC#N)C(=O)C1CCCN(C(=O)Nc2ccccc2)C1. The van der Waals surface area contributed by atoms with E-state index in [4.69, 9.17) is 10.5 Å². The van der Waals surface area contributed by atoms with Gasteiger partial charge in [-0.1, -0.05) is 18.2 Å². The van der Waals surface area contributed by atoms with Crippen molar-refractivity contribution in [3.05, 3.63) is 30.3 Å². The highest BCUT2D eigenvalue weighted by Gasteiger charge is 2.31. The first-order valence-electron chi connectivity index (χ1n) is 8.79. The quantitative estimate of drug-likeness (QED) is 0.849. The molecule has 0 spiro atoms. The summed E-state index contributed by atoms with van der Waals surface area (Å²) in [5.74, 6) is -0.365. The van der Waals surface area contributed by atoms with E-state index in [-0.39, 0.29) is 30.7 Å². The molecule has 0 saturated carbocycles. The number of carbonyl (C=O) groups is 2. The molecule has 7 nitrogen and oxygen atoms in total. The number of benzene rings is 1. The number of rotatable bonds is 6. The van der Waals surface area contributed by atoms with E-state index in [0.717, 1.165) is 12.1 Å². The Morgan fingerprint density at radius 3 is 2.42 bits per heavy atom. The molecule has 1 aliphatic rings. The molecule has 1 saturated heterocycles. The summed E-state index contributed by atoms with van der Waals surface area (Å²) in [5, 5.41) is 20.4. The molecule has 1 aromatic rings. The summed E-state index contributed by atoms with van der Waals surface area (Å²) < 4.78 is 0. The topological polar surface area (TPSA) is 100 Å². The van der Waals surface area contributed by atoms with E-state index in [1.54, 1.807) is 9.80 Å². The maximum atomic E-state index is 12.8. The fourth-order valence-electron chi connectivity index (χ4n) is 3.05. The van der Waals surface area contributed by atoms with E-state index < -0.39 is 0 Å². The van der Waals surface area contributed by atoms with Crippen molar-refractivity contribution in [2.24, 2.45) is 5.92 Å². The van der Waals surface area contributed by atoms with Gasteiger partial charge in [-0.2, -0.15) is 10.5 Å². The Kier molecular flexibility index (Phi) is 7.45. The van der Waals surface area contributed by atoms with Gasteiger partial charge in [0.05, 0.1) is 30.9 Å². The van der Waals surface area contributed by atoms with Crippen LogP contribution in [0.4, 0.5) is 10.5 Å². The number of anilines is 1. The van der Waals surface area contributed by atoms with E-state index >= 15 is 0 Å². The van der Waals surface area contributed by atoms with E-state index in [9.17, 15) is 9.59 Å². The summed E-state index contributed by atoms with van der Waals surface area (Å²) in [4.78, 5) is 28.5. The minimum absolute atomic E-state index is 0.0762. The van der Waals surface area contributed by atoms with Gasteiger partial charge in [0.15, 0.2) is 0 Å². The number of nitriles is 2. The molecule has 0 aliphatic carbocycles. The van der Waals surface area contributed by atoms with Crippen molar-refractivity contribution in [3.63, 3.8) is 0 Å². The second-order valence-corrected chi connectivity index (χ2v) is 6.22. The minimum atomic E-state index is -0.289. The number of hydrogen-bond acceptors (Lipinski definition) is 4. The zero-order valence-electron chi connectivity index (χ0n) is 14.7. The van der Waals surface area contributed by atoms with Crippen molar-refractivity contribution in [1.82, 2.24) is 9.80 Å². The summed E-state index contributed by atoms with van der Waals surface area (Å²) >= 11 is 0. The first-order valence-corrected chi connectivity index (χ1v) is 8.79.